The van der Waals surface area contributed by atoms with Crippen LogP contribution in [0.5, 0.6) is 0 Å². The van der Waals surface area contributed by atoms with Crippen LogP contribution in [0.3, 0.4) is 0 Å². The molecular formula is C30H31ClN8O2S2. The number of nitrogens with one attached hydrogen (secondary N) is 4. The molecule has 8 rings (SSSR count). The van der Waals surface area contributed by atoms with Gasteiger partial charge in [-0.2, -0.15) is 0 Å². The molecule has 0 fully saturated rings. The van der Waals surface area contributed by atoms with Crippen molar-refractivity contribution in [1.29, 1.82) is 0 Å². The summed E-state index contributed by atoms with van der Waals surface area (Å²) in [5.41, 5.74) is 3.59. The number of aryl methyl sites for hydroxylation is 1. The van der Waals surface area contributed by atoms with Gasteiger partial charge in [0.05, 0.1) is 10.8 Å². The number of pyridine rings is 2. The van der Waals surface area contributed by atoms with Crippen LogP contribution < -0.4 is 21.8 Å². The van der Waals surface area contributed by atoms with Gasteiger partial charge in [-0.25, -0.2) is 9.97 Å². The summed E-state index contributed by atoms with van der Waals surface area (Å²) in [5.74, 6) is 1.08. The van der Waals surface area contributed by atoms with E-state index in [4.69, 9.17) is 0 Å². The van der Waals surface area contributed by atoms with Gasteiger partial charge < -0.3 is 20.6 Å². The highest BCUT2D eigenvalue weighted by molar-refractivity contribution is 7.19. The standard InChI is InChI=1S/C15H14N4OS.C14H12N4OS.CH4.ClH/c20-14-12-9-4-3-6-16-8-11(9)21-15(12)19-13(18-14)10-5-1-2-7-17-10;19-13-11-8-4-6-15-7-10(8)20-14(11)18-12(17-13)9-3-1-2-5-16-9;;/h1-2,5,7,16H,3-4,6,8H2,(H,18,19,20);1-3,5,15H,4,6-7H2,(H,17,18,19);1H4;1H. The van der Waals surface area contributed by atoms with Crippen LogP contribution in [0, 0.1) is 0 Å². The van der Waals surface area contributed by atoms with E-state index in [1.807, 2.05) is 36.4 Å². The van der Waals surface area contributed by atoms with Crippen molar-refractivity contribution in [2.75, 3.05) is 13.1 Å². The van der Waals surface area contributed by atoms with Crippen LogP contribution in [-0.2, 0) is 25.9 Å². The summed E-state index contributed by atoms with van der Waals surface area (Å²) in [6.45, 7) is 3.57. The van der Waals surface area contributed by atoms with E-state index in [1.54, 1.807) is 35.1 Å². The maximum absolute atomic E-state index is 12.5. The summed E-state index contributed by atoms with van der Waals surface area (Å²) in [5, 5.41) is 8.23. The Morgan fingerprint density at radius 2 is 1.19 bits per heavy atom. The lowest BCUT2D eigenvalue weighted by Gasteiger charge is -2.11. The molecule has 0 atom stereocenters. The predicted molar refractivity (Wildman–Crippen MR) is 176 cm³/mol. The molecule has 4 N–H and O–H groups in total. The molecule has 6 aromatic heterocycles. The molecule has 2 aliphatic rings. The second-order valence-electron chi connectivity index (χ2n) is 9.83. The van der Waals surface area contributed by atoms with Crippen LogP contribution in [0.25, 0.3) is 43.5 Å². The van der Waals surface area contributed by atoms with Crippen molar-refractivity contribution in [2.45, 2.75) is 39.8 Å². The van der Waals surface area contributed by atoms with Crippen molar-refractivity contribution in [3.63, 3.8) is 0 Å². The molecule has 8 heterocycles. The van der Waals surface area contributed by atoms with Gasteiger partial charge in [0.2, 0.25) is 0 Å². The zero-order valence-corrected chi connectivity index (χ0v) is 24.8. The molecule has 13 heteroatoms. The quantitative estimate of drug-likeness (QED) is 0.212. The largest absolute Gasteiger partial charge is 0.312 e. The van der Waals surface area contributed by atoms with E-state index in [1.165, 1.54) is 15.3 Å². The minimum Gasteiger partial charge on any atom is -0.312 e. The van der Waals surface area contributed by atoms with E-state index in [0.29, 0.717) is 23.0 Å². The van der Waals surface area contributed by atoms with Crippen molar-refractivity contribution in [3.05, 3.63) is 90.4 Å². The zero-order chi connectivity index (χ0) is 27.8. The Morgan fingerprint density at radius 3 is 1.70 bits per heavy atom. The minimum absolute atomic E-state index is 0. The fourth-order valence-electron chi connectivity index (χ4n) is 5.29. The highest BCUT2D eigenvalue weighted by Gasteiger charge is 2.21. The molecule has 0 spiro atoms. The number of aromatic amines is 2. The normalized spacial score (nSPS) is 14.0. The van der Waals surface area contributed by atoms with E-state index < -0.39 is 0 Å². The van der Waals surface area contributed by atoms with Gasteiger partial charge in [0.25, 0.3) is 11.1 Å². The van der Waals surface area contributed by atoms with Gasteiger partial charge in [-0.05, 0) is 67.7 Å². The van der Waals surface area contributed by atoms with Crippen LogP contribution in [0.2, 0.25) is 0 Å². The van der Waals surface area contributed by atoms with Crippen LogP contribution in [0.1, 0.15) is 34.7 Å². The van der Waals surface area contributed by atoms with E-state index in [-0.39, 0.29) is 31.0 Å². The third-order valence-electron chi connectivity index (χ3n) is 7.21. The molecule has 0 amide bonds. The Balaban J connectivity index is 0.000000164. The first kappa shape index (κ1) is 30.6. The number of aromatic nitrogens is 6. The number of halogens is 1. The molecule has 6 aromatic rings. The maximum atomic E-state index is 12.5. The number of rotatable bonds is 2. The topological polar surface area (TPSA) is 141 Å². The SMILES string of the molecule is C.Cl.O=c1[nH]c(-c2ccccn2)nc2sc3c(c12)CCCNC3.O=c1[nH]c(-c2ccccn2)nc2sc3c(c12)CCNC3. The summed E-state index contributed by atoms with van der Waals surface area (Å²) in [7, 11) is 0. The molecular weight excluding hydrogens is 604 g/mol. The average Bonchev–Trinajstić information content (AvgIpc) is 3.48. The first-order valence-electron chi connectivity index (χ1n) is 13.5. The van der Waals surface area contributed by atoms with E-state index >= 15 is 0 Å². The lowest BCUT2D eigenvalue weighted by Crippen LogP contribution is -2.23. The molecule has 2 aliphatic heterocycles. The summed E-state index contributed by atoms with van der Waals surface area (Å²) < 4.78 is 0. The van der Waals surface area contributed by atoms with Crippen molar-refractivity contribution in [1.82, 2.24) is 40.5 Å². The Morgan fingerprint density at radius 1 is 0.674 bits per heavy atom. The first-order chi connectivity index (χ1) is 20.2. The Kier molecular flexibility index (Phi) is 9.43. The van der Waals surface area contributed by atoms with Crippen LogP contribution in [0.15, 0.2) is 58.4 Å². The highest BCUT2D eigenvalue weighted by atomic mass is 35.5. The minimum atomic E-state index is -0.0601. The van der Waals surface area contributed by atoms with Crippen LogP contribution >= 0.6 is 35.1 Å². The molecule has 222 valence electrons. The Hall–Kier alpha value is -3.81. The summed E-state index contributed by atoms with van der Waals surface area (Å²) in [6, 6.07) is 11.2. The second kappa shape index (κ2) is 13.2. The number of thiophene rings is 2. The van der Waals surface area contributed by atoms with Gasteiger partial charge in [0, 0.05) is 35.2 Å². The third kappa shape index (κ3) is 6.01. The van der Waals surface area contributed by atoms with Crippen molar-refractivity contribution >= 4 is 55.5 Å². The molecule has 0 saturated heterocycles. The van der Waals surface area contributed by atoms with Gasteiger partial charge in [-0.15, -0.1) is 35.1 Å². The maximum Gasteiger partial charge on any atom is 0.260 e. The van der Waals surface area contributed by atoms with Crippen molar-refractivity contribution in [2.24, 2.45) is 0 Å². The van der Waals surface area contributed by atoms with Gasteiger partial charge in [0.15, 0.2) is 11.6 Å². The van der Waals surface area contributed by atoms with Crippen molar-refractivity contribution in [3.8, 4) is 23.0 Å². The van der Waals surface area contributed by atoms with Gasteiger partial charge in [-0.1, -0.05) is 19.6 Å². The van der Waals surface area contributed by atoms with E-state index in [2.05, 4.69) is 40.5 Å². The molecule has 0 aromatic carbocycles. The van der Waals surface area contributed by atoms with Crippen LogP contribution in [0.4, 0.5) is 0 Å². The van der Waals surface area contributed by atoms with E-state index in [9.17, 15) is 9.59 Å². The number of hydrogen-bond acceptors (Lipinski definition) is 10. The molecule has 0 unspecified atom stereocenters. The number of fused-ring (bicyclic) bond motifs is 6. The monoisotopic (exact) mass is 634 g/mol. The van der Waals surface area contributed by atoms with Gasteiger partial charge in [0.1, 0.15) is 21.0 Å². The lowest BCUT2D eigenvalue weighted by molar-refractivity contribution is 0.657. The van der Waals surface area contributed by atoms with Crippen LogP contribution in [-0.4, -0.2) is 43.0 Å². The summed E-state index contributed by atoms with van der Waals surface area (Å²) >= 11 is 3.22. The molecule has 10 nitrogen and oxygen atoms in total. The Bertz CT molecular complexity index is 1990. The number of nitrogens with zero attached hydrogens (tertiary/aromatic N) is 4. The van der Waals surface area contributed by atoms with Gasteiger partial charge >= 0.3 is 0 Å². The number of H-pyrrole nitrogens is 2. The predicted octanol–water partition coefficient (Wildman–Crippen LogP) is 4.83. The first-order valence-corrected chi connectivity index (χ1v) is 15.1. The molecule has 0 saturated carbocycles. The number of hydrogen-bond donors (Lipinski definition) is 4. The second-order valence-corrected chi connectivity index (χ2v) is 12.0. The Labute approximate surface area is 261 Å². The third-order valence-corrected chi connectivity index (χ3v) is 9.46. The summed E-state index contributed by atoms with van der Waals surface area (Å²) in [4.78, 5) is 52.4. The molecule has 0 aliphatic carbocycles. The lowest BCUT2D eigenvalue weighted by atomic mass is 10.1. The fourth-order valence-corrected chi connectivity index (χ4v) is 7.67. The van der Waals surface area contributed by atoms with Gasteiger partial charge in [-0.3, -0.25) is 19.6 Å². The zero-order valence-electron chi connectivity index (χ0n) is 22.4. The fraction of sp³-hybridized carbons (Fsp3) is 0.267. The molecule has 43 heavy (non-hydrogen) atoms. The average molecular weight is 635 g/mol. The van der Waals surface area contributed by atoms with Crippen molar-refractivity contribution < 1.29 is 0 Å². The molecule has 0 bridgehead atoms. The summed E-state index contributed by atoms with van der Waals surface area (Å²) in [6.07, 6.45) is 6.29. The van der Waals surface area contributed by atoms with E-state index in [0.717, 1.165) is 71.4 Å². The molecule has 0 radical (unpaired) electrons. The highest BCUT2D eigenvalue weighted by Crippen LogP contribution is 2.32. The smallest absolute Gasteiger partial charge is 0.260 e.